The van der Waals surface area contributed by atoms with Crippen molar-refractivity contribution in [3.05, 3.63) is 36.7 Å². The molecule has 2 aliphatic rings. The van der Waals surface area contributed by atoms with E-state index < -0.39 is 12.1 Å². The number of carbonyl (C=O) groups is 1. The first kappa shape index (κ1) is 20.1. The number of hydrogen-bond acceptors (Lipinski definition) is 6. The van der Waals surface area contributed by atoms with Gasteiger partial charge in [-0.2, -0.15) is 13.2 Å². The second-order valence-electron chi connectivity index (χ2n) is 6.66. The Morgan fingerprint density at radius 1 is 1.25 bits per heavy atom. The van der Waals surface area contributed by atoms with Crippen LogP contribution in [0.2, 0.25) is 0 Å². The smallest absolute Gasteiger partial charge is 0.475 e. The summed E-state index contributed by atoms with van der Waals surface area (Å²) in [4.78, 5) is 24.1. The van der Waals surface area contributed by atoms with Gasteiger partial charge in [-0.05, 0) is 24.8 Å². The summed E-state index contributed by atoms with van der Waals surface area (Å²) in [7, 11) is 0. The minimum Gasteiger partial charge on any atom is -0.475 e. The van der Waals surface area contributed by atoms with Crippen LogP contribution in [0.5, 0.6) is 0 Å². The fourth-order valence-corrected chi connectivity index (χ4v) is 2.78. The van der Waals surface area contributed by atoms with Gasteiger partial charge in [0.15, 0.2) is 0 Å². The number of anilines is 1. The number of carboxylic acid groups (broad SMARTS) is 1. The van der Waals surface area contributed by atoms with E-state index in [4.69, 9.17) is 14.6 Å². The zero-order valence-corrected chi connectivity index (χ0v) is 14.9. The average molecular weight is 399 g/mol. The van der Waals surface area contributed by atoms with Crippen molar-refractivity contribution in [2.24, 2.45) is 5.92 Å². The van der Waals surface area contributed by atoms with Gasteiger partial charge in [0.05, 0.1) is 31.2 Å². The highest BCUT2D eigenvalue weighted by molar-refractivity contribution is 5.73. The molecule has 2 aromatic rings. The fraction of sp³-hybridized carbons (Fsp3) is 0.529. The number of imidazole rings is 1. The highest BCUT2D eigenvalue weighted by Gasteiger charge is 2.38. The first-order valence-electron chi connectivity index (χ1n) is 8.75. The third-order valence-electron chi connectivity index (χ3n) is 4.36. The van der Waals surface area contributed by atoms with E-state index in [-0.39, 0.29) is 6.04 Å². The quantitative estimate of drug-likeness (QED) is 0.825. The van der Waals surface area contributed by atoms with Gasteiger partial charge < -0.3 is 19.3 Å². The van der Waals surface area contributed by atoms with Crippen LogP contribution in [0.3, 0.4) is 0 Å². The van der Waals surface area contributed by atoms with Gasteiger partial charge in [0.1, 0.15) is 0 Å². The largest absolute Gasteiger partial charge is 0.490 e. The summed E-state index contributed by atoms with van der Waals surface area (Å²) >= 11 is 0. The van der Waals surface area contributed by atoms with E-state index in [1.54, 1.807) is 12.4 Å². The molecule has 0 radical (unpaired) electrons. The standard InChI is InChI=1S/C15H19N5O.C2HF3O2/c1-4-17-15(18-5-1)19-7-13-6-16-11-20(13)14(8-19)10-21-9-12-2-3-12;3-2(4,5)1(6)7/h1,4-6,11-12,14H,2-3,7-10H2;(H,6,7). The molecule has 3 heterocycles. The van der Waals surface area contributed by atoms with Crippen LogP contribution >= 0.6 is 0 Å². The molecule has 152 valence electrons. The zero-order valence-electron chi connectivity index (χ0n) is 14.9. The van der Waals surface area contributed by atoms with Gasteiger partial charge in [-0.15, -0.1) is 0 Å². The lowest BCUT2D eigenvalue weighted by atomic mass is 10.2. The number of aromatic nitrogens is 4. The van der Waals surface area contributed by atoms with Gasteiger partial charge in [0.2, 0.25) is 5.95 Å². The maximum atomic E-state index is 10.6. The van der Waals surface area contributed by atoms with E-state index in [0.717, 1.165) is 38.2 Å². The molecule has 1 aliphatic heterocycles. The molecule has 0 aromatic carbocycles. The summed E-state index contributed by atoms with van der Waals surface area (Å²) in [6.45, 7) is 3.27. The summed E-state index contributed by atoms with van der Waals surface area (Å²) < 4.78 is 39.9. The predicted molar refractivity (Wildman–Crippen MR) is 91.6 cm³/mol. The van der Waals surface area contributed by atoms with Crippen molar-refractivity contribution in [1.29, 1.82) is 0 Å². The minimum atomic E-state index is -5.08. The summed E-state index contributed by atoms with van der Waals surface area (Å²) in [5.41, 5.74) is 1.19. The molecule has 1 unspecified atom stereocenters. The van der Waals surface area contributed by atoms with Crippen molar-refractivity contribution in [2.45, 2.75) is 31.6 Å². The molecule has 8 nitrogen and oxygen atoms in total. The van der Waals surface area contributed by atoms with E-state index in [1.165, 1.54) is 18.5 Å². The van der Waals surface area contributed by atoms with Crippen LogP contribution in [0.1, 0.15) is 24.6 Å². The van der Waals surface area contributed by atoms with Gasteiger partial charge in [0, 0.05) is 31.7 Å². The molecular weight excluding hydrogens is 379 g/mol. The Kier molecular flexibility index (Phi) is 6.12. The van der Waals surface area contributed by atoms with Crippen LogP contribution in [-0.2, 0) is 16.1 Å². The number of ether oxygens (including phenoxy) is 1. The van der Waals surface area contributed by atoms with Gasteiger partial charge in [-0.25, -0.2) is 19.7 Å². The second-order valence-corrected chi connectivity index (χ2v) is 6.66. The molecule has 0 bridgehead atoms. The Labute approximate surface area is 159 Å². The number of carboxylic acids is 1. The van der Waals surface area contributed by atoms with Crippen LogP contribution in [0, 0.1) is 5.92 Å². The van der Waals surface area contributed by atoms with Crippen molar-refractivity contribution in [3.63, 3.8) is 0 Å². The topological polar surface area (TPSA) is 93.4 Å². The van der Waals surface area contributed by atoms with Gasteiger partial charge in [-0.3, -0.25) is 0 Å². The van der Waals surface area contributed by atoms with E-state index in [0.29, 0.717) is 0 Å². The maximum Gasteiger partial charge on any atom is 0.490 e. The number of hydrogen-bond donors (Lipinski definition) is 1. The number of fused-ring (bicyclic) bond motifs is 1. The third-order valence-corrected chi connectivity index (χ3v) is 4.36. The Hall–Kier alpha value is -2.69. The van der Waals surface area contributed by atoms with Crippen molar-refractivity contribution in [2.75, 3.05) is 24.7 Å². The molecular formula is C17H20F3N5O3. The lowest BCUT2D eigenvalue weighted by Crippen LogP contribution is -2.39. The molecule has 0 amide bonds. The number of rotatable bonds is 5. The summed E-state index contributed by atoms with van der Waals surface area (Å²) in [6, 6.07) is 2.12. The summed E-state index contributed by atoms with van der Waals surface area (Å²) in [5, 5.41) is 7.12. The fourth-order valence-electron chi connectivity index (χ4n) is 2.78. The molecule has 11 heteroatoms. The lowest BCUT2D eigenvalue weighted by Gasteiger charge is -2.34. The Morgan fingerprint density at radius 3 is 2.54 bits per heavy atom. The molecule has 1 fully saturated rings. The first-order valence-corrected chi connectivity index (χ1v) is 8.75. The SMILES string of the molecule is O=C(O)C(F)(F)F.c1cnc(N2Cc3cncn3C(COCC3CC3)C2)nc1. The first-order chi connectivity index (χ1) is 13.3. The van der Waals surface area contributed by atoms with E-state index in [2.05, 4.69) is 24.4 Å². The Bertz CT molecular complexity index is 780. The minimum absolute atomic E-state index is 0.277. The highest BCUT2D eigenvalue weighted by atomic mass is 19.4. The summed E-state index contributed by atoms with van der Waals surface area (Å²) in [5.74, 6) is -1.19. The molecule has 1 atom stereocenters. The van der Waals surface area contributed by atoms with Crippen LogP contribution in [0.15, 0.2) is 31.0 Å². The van der Waals surface area contributed by atoms with Gasteiger partial charge in [-0.1, -0.05) is 0 Å². The monoisotopic (exact) mass is 399 g/mol. The molecule has 1 saturated carbocycles. The molecule has 28 heavy (non-hydrogen) atoms. The molecule has 1 aliphatic carbocycles. The maximum absolute atomic E-state index is 10.6. The number of alkyl halides is 3. The van der Waals surface area contributed by atoms with E-state index in [9.17, 15) is 13.2 Å². The normalized spacial score (nSPS) is 18.8. The van der Waals surface area contributed by atoms with Crippen molar-refractivity contribution in [3.8, 4) is 0 Å². The van der Waals surface area contributed by atoms with Crippen LogP contribution in [0.25, 0.3) is 0 Å². The number of aliphatic carboxylic acids is 1. The van der Waals surface area contributed by atoms with Crippen LogP contribution in [0.4, 0.5) is 19.1 Å². The molecule has 1 N–H and O–H groups in total. The average Bonchev–Trinajstić information content (AvgIpc) is 3.36. The van der Waals surface area contributed by atoms with Crippen LogP contribution in [-0.4, -0.2) is 56.5 Å². The van der Waals surface area contributed by atoms with Crippen molar-refractivity contribution >= 4 is 11.9 Å². The number of halogens is 3. The van der Waals surface area contributed by atoms with Gasteiger partial charge in [0.25, 0.3) is 0 Å². The van der Waals surface area contributed by atoms with Gasteiger partial charge >= 0.3 is 12.1 Å². The van der Waals surface area contributed by atoms with Crippen molar-refractivity contribution < 1.29 is 27.8 Å². The third kappa shape index (κ3) is 5.41. The lowest BCUT2D eigenvalue weighted by molar-refractivity contribution is -0.192. The second kappa shape index (κ2) is 8.55. The van der Waals surface area contributed by atoms with E-state index >= 15 is 0 Å². The van der Waals surface area contributed by atoms with Crippen molar-refractivity contribution in [1.82, 2.24) is 19.5 Å². The molecule has 0 spiro atoms. The van der Waals surface area contributed by atoms with E-state index in [1.807, 2.05) is 18.6 Å². The zero-order chi connectivity index (χ0) is 20.1. The molecule has 0 saturated heterocycles. The predicted octanol–water partition coefficient (Wildman–Crippen LogP) is 2.29. The Morgan fingerprint density at radius 2 is 1.93 bits per heavy atom. The molecule has 2 aromatic heterocycles. The summed E-state index contributed by atoms with van der Waals surface area (Å²) in [6.07, 6.45) is 4.96. The highest BCUT2D eigenvalue weighted by Crippen LogP contribution is 2.30. The Balaban J connectivity index is 0.000000279. The molecule has 4 rings (SSSR count). The number of nitrogens with zero attached hydrogens (tertiary/aromatic N) is 5. The van der Waals surface area contributed by atoms with Crippen LogP contribution < -0.4 is 4.90 Å².